The van der Waals surface area contributed by atoms with Crippen molar-refractivity contribution in [2.75, 3.05) is 13.6 Å². The Hall–Kier alpha value is -2.90. The van der Waals surface area contributed by atoms with Crippen LogP contribution in [0.2, 0.25) is 0 Å². The van der Waals surface area contributed by atoms with Gasteiger partial charge in [-0.2, -0.15) is 5.10 Å². The number of rotatable bonds is 4. The molecule has 0 saturated carbocycles. The highest BCUT2D eigenvalue weighted by Gasteiger charge is 2.43. The Kier molecular flexibility index (Phi) is 5.73. The van der Waals surface area contributed by atoms with Gasteiger partial charge in [0.05, 0.1) is 12.1 Å². The number of carbonyl (C=O) groups excluding carboxylic acids is 2. The molecule has 3 atom stereocenters. The van der Waals surface area contributed by atoms with Crippen molar-refractivity contribution in [2.24, 2.45) is 0 Å². The molecule has 1 saturated heterocycles. The zero-order chi connectivity index (χ0) is 22.2. The van der Waals surface area contributed by atoms with E-state index >= 15 is 0 Å². The summed E-state index contributed by atoms with van der Waals surface area (Å²) >= 11 is 0. The molecule has 0 bridgehead atoms. The van der Waals surface area contributed by atoms with Gasteiger partial charge >= 0.3 is 0 Å². The van der Waals surface area contributed by atoms with Crippen LogP contribution in [0.25, 0.3) is 0 Å². The molecule has 4 rings (SSSR count). The molecule has 0 radical (unpaired) electrons. The number of benzene rings is 1. The number of nitrogens with one attached hydrogen (secondary N) is 1. The number of nitrogens with zero attached hydrogens (tertiary/aromatic N) is 4. The lowest BCUT2D eigenvalue weighted by atomic mass is 9.82. The van der Waals surface area contributed by atoms with E-state index in [4.69, 9.17) is 4.74 Å². The molecule has 1 spiro atoms. The van der Waals surface area contributed by atoms with Gasteiger partial charge in [-0.3, -0.25) is 9.59 Å². The van der Waals surface area contributed by atoms with Crippen molar-refractivity contribution in [1.82, 2.24) is 25.0 Å². The highest BCUT2D eigenvalue weighted by molar-refractivity contribution is 5.77. The Balaban J connectivity index is 1.52. The SMILES string of the molecule is Cc1nc(C)n(C(C)CC(=O)NC2CC3(CCC(=O)N(C)CC3)Oc3ccccc32)n1. The summed E-state index contributed by atoms with van der Waals surface area (Å²) in [6, 6.07) is 7.64. The van der Waals surface area contributed by atoms with E-state index in [-0.39, 0.29) is 23.9 Å². The quantitative estimate of drug-likeness (QED) is 0.814. The third-order valence-corrected chi connectivity index (χ3v) is 6.46. The van der Waals surface area contributed by atoms with E-state index in [1.54, 1.807) is 9.58 Å². The number of likely N-dealkylation sites (tertiary alicyclic amines) is 1. The highest BCUT2D eigenvalue weighted by atomic mass is 16.5. The summed E-state index contributed by atoms with van der Waals surface area (Å²) in [7, 11) is 1.84. The number of amides is 2. The third-order valence-electron chi connectivity index (χ3n) is 6.46. The van der Waals surface area contributed by atoms with Gasteiger partial charge in [-0.1, -0.05) is 18.2 Å². The standard InChI is InChI=1S/C23H31N5O3/c1-15(28-17(3)24-16(2)26-28)13-21(29)25-19-14-23(10-9-22(30)27(4)12-11-23)31-20-8-6-5-7-18(19)20/h5-8,15,19H,9-14H2,1-4H3,(H,25,29). The van der Waals surface area contributed by atoms with Gasteiger partial charge in [0.2, 0.25) is 11.8 Å². The van der Waals surface area contributed by atoms with Crippen LogP contribution in [0.3, 0.4) is 0 Å². The summed E-state index contributed by atoms with van der Waals surface area (Å²) in [5, 5.41) is 7.65. The fraction of sp³-hybridized carbons (Fsp3) is 0.565. The summed E-state index contributed by atoms with van der Waals surface area (Å²) in [6.45, 7) is 6.39. The minimum atomic E-state index is -0.446. The van der Waals surface area contributed by atoms with E-state index in [0.29, 0.717) is 38.1 Å². The first-order valence-corrected chi connectivity index (χ1v) is 11.0. The summed E-state index contributed by atoms with van der Waals surface area (Å²) in [5.41, 5.74) is 0.545. The molecular formula is C23H31N5O3. The van der Waals surface area contributed by atoms with Crippen molar-refractivity contribution in [3.8, 4) is 5.75 Å². The number of hydrogen-bond donors (Lipinski definition) is 1. The highest BCUT2D eigenvalue weighted by Crippen LogP contribution is 2.44. The lowest BCUT2D eigenvalue weighted by Crippen LogP contribution is -2.46. The number of aromatic nitrogens is 3. The van der Waals surface area contributed by atoms with Crippen molar-refractivity contribution < 1.29 is 14.3 Å². The molecule has 1 aromatic heterocycles. The fourth-order valence-corrected chi connectivity index (χ4v) is 4.76. The Labute approximate surface area is 183 Å². The first-order chi connectivity index (χ1) is 14.8. The first-order valence-electron chi connectivity index (χ1n) is 11.0. The van der Waals surface area contributed by atoms with E-state index < -0.39 is 5.60 Å². The summed E-state index contributed by atoms with van der Waals surface area (Å²) < 4.78 is 8.27. The predicted octanol–water partition coefficient (Wildman–Crippen LogP) is 2.87. The molecule has 2 aliphatic rings. The molecule has 3 unspecified atom stereocenters. The number of hydrogen-bond acceptors (Lipinski definition) is 5. The monoisotopic (exact) mass is 425 g/mol. The van der Waals surface area contributed by atoms with Crippen LogP contribution in [0.15, 0.2) is 24.3 Å². The lowest BCUT2D eigenvalue weighted by molar-refractivity contribution is -0.129. The molecule has 1 N–H and O–H groups in total. The van der Waals surface area contributed by atoms with Gasteiger partial charge in [0, 0.05) is 44.8 Å². The topological polar surface area (TPSA) is 89.4 Å². The van der Waals surface area contributed by atoms with E-state index in [1.165, 1.54) is 0 Å². The largest absolute Gasteiger partial charge is 0.487 e. The second kappa shape index (κ2) is 8.32. The van der Waals surface area contributed by atoms with Crippen molar-refractivity contribution in [3.63, 3.8) is 0 Å². The number of ether oxygens (including phenoxy) is 1. The van der Waals surface area contributed by atoms with E-state index in [0.717, 1.165) is 23.6 Å². The van der Waals surface area contributed by atoms with E-state index in [9.17, 15) is 9.59 Å². The van der Waals surface area contributed by atoms with Gasteiger partial charge in [0.1, 0.15) is 23.0 Å². The predicted molar refractivity (Wildman–Crippen MR) is 116 cm³/mol. The molecule has 2 aromatic rings. The Morgan fingerprint density at radius 2 is 2.10 bits per heavy atom. The van der Waals surface area contributed by atoms with Crippen molar-refractivity contribution in [2.45, 2.75) is 70.6 Å². The molecular weight excluding hydrogens is 394 g/mol. The van der Waals surface area contributed by atoms with Gasteiger partial charge in [-0.15, -0.1) is 0 Å². The lowest BCUT2D eigenvalue weighted by Gasteiger charge is -2.42. The normalized spacial score (nSPS) is 24.3. The fourth-order valence-electron chi connectivity index (χ4n) is 4.76. The average Bonchev–Trinajstić information content (AvgIpc) is 3.01. The zero-order valence-corrected chi connectivity index (χ0v) is 18.7. The molecule has 31 heavy (non-hydrogen) atoms. The smallest absolute Gasteiger partial charge is 0.222 e. The van der Waals surface area contributed by atoms with E-state index in [2.05, 4.69) is 15.4 Å². The zero-order valence-electron chi connectivity index (χ0n) is 18.7. The maximum atomic E-state index is 13.0. The first kappa shape index (κ1) is 21.3. The molecule has 0 aliphatic carbocycles. The van der Waals surface area contributed by atoms with Crippen molar-refractivity contribution >= 4 is 11.8 Å². The Morgan fingerprint density at radius 1 is 1.32 bits per heavy atom. The van der Waals surface area contributed by atoms with Crippen LogP contribution in [0, 0.1) is 13.8 Å². The molecule has 2 amide bonds. The number of fused-ring (bicyclic) bond motifs is 1. The molecule has 166 valence electrons. The summed E-state index contributed by atoms with van der Waals surface area (Å²) in [4.78, 5) is 31.3. The molecule has 1 aromatic carbocycles. The number of para-hydroxylation sites is 1. The second-order valence-corrected chi connectivity index (χ2v) is 8.92. The van der Waals surface area contributed by atoms with Gasteiger partial charge in [-0.25, -0.2) is 9.67 Å². The van der Waals surface area contributed by atoms with Crippen molar-refractivity contribution in [1.29, 1.82) is 0 Å². The summed E-state index contributed by atoms with van der Waals surface area (Å²) in [5.74, 6) is 2.43. The summed E-state index contributed by atoms with van der Waals surface area (Å²) in [6.07, 6.45) is 2.85. The van der Waals surface area contributed by atoms with Crippen LogP contribution in [0.5, 0.6) is 5.75 Å². The maximum absolute atomic E-state index is 13.0. The minimum Gasteiger partial charge on any atom is -0.487 e. The molecule has 8 nitrogen and oxygen atoms in total. The maximum Gasteiger partial charge on any atom is 0.222 e. The minimum absolute atomic E-state index is 0.0290. The molecule has 3 heterocycles. The van der Waals surface area contributed by atoms with Gasteiger partial charge in [0.15, 0.2) is 0 Å². The molecule has 2 aliphatic heterocycles. The van der Waals surface area contributed by atoms with Gasteiger partial charge in [-0.05, 0) is 33.3 Å². The van der Waals surface area contributed by atoms with Crippen LogP contribution in [-0.4, -0.2) is 50.7 Å². The van der Waals surface area contributed by atoms with Crippen LogP contribution in [-0.2, 0) is 9.59 Å². The average molecular weight is 426 g/mol. The Morgan fingerprint density at radius 3 is 2.84 bits per heavy atom. The molecule has 1 fully saturated rings. The third kappa shape index (κ3) is 4.43. The van der Waals surface area contributed by atoms with Crippen LogP contribution >= 0.6 is 0 Å². The van der Waals surface area contributed by atoms with Gasteiger partial charge in [0.25, 0.3) is 0 Å². The molecule has 8 heteroatoms. The van der Waals surface area contributed by atoms with Crippen LogP contribution in [0.1, 0.15) is 68.3 Å². The van der Waals surface area contributed by atoms with E-state index in [1.807, 2.05) is 52.1 Å². The van der Waals surface area contributed by atoms with Crippen molar-refractivity contribution in [3.05, 3.63) is 41.5 Å². The van der Waals surface area contributed by atoms with Gasteiger partial charge < -0.3 is 15.0 Å². The Bertz CT molecular complexity index is 987. The number of aryl methyl sites for hydroxylation is 2. The number of carbonyl (C=O) groups is 2. The second-order valence-electron chi connectivity index (χ2n) is 8.92. The van der Waals surface area contributed by atoms with Crippen LogP contribution in [0.4, 0.5) is 0 Å². The van der Waals surface area contributed by atoms with Crippen LogP contribution < -0.4 is 10.1 Å².